The highest BCUT2D eigenvalue weighted by molar-refractivity contribution is 6.01. The largest absolute Gasteiger partial charge is 0.480 e. The lowest BCUT2D eigenvalue weighted by molar-refractivity contribution is -0.148. The molecule has 2 aromatic rings. The van der Waals surface area contributed by atoms with Crippen molar-refractivity contribution in [2.75, 3.05) is 0 Å². The summed E-state index contributed by atoms with van der Waals surface area (Å²) >= 11 is 0. The Hall–Kier alpha value is -2.51. The minimum absolute atomic E-state index is 0.122. The van der Waals surface area contributed by atoms with Crippen molar-refractivity contribution in [3.63, 3.8) is 0 Å². The molecule has 1 aromatic heterocycles. The third-order valence-electron chi connectivity index (χ3n) is 4.57. The average Bonchev–Trinajstić information content (AvgIpc) is 2.78. The van der Waals surface area contributed by atoms with Gasteiger partial charge in [0.15, 0.2) is 0 Å². The molecule has 1 amide bonds. The van der Waals surface area contributed by atoms with E-state index in [0.29, 0.717) is 24.8 Å². The van der Waals surface area contributed by atoms with E-state index < -0.39 is 29.2 Å². The number of carboxylic acids is 1. The fourth-order valence-corrected chi connectivity index (χ4v) is 2.95. The van der Waals surface area contributed by atoms with Gasteiger partial charge >= 0.3 is 12.1 Å². The molecule has 2 N–H and O–H groups in total. The van der Waals surface area contributed by atoms with E-state index in [2.05, 4.69) is 5.32 Å². The van der Waals surface area contributed by atoms with Crippen LogP contribution in [0.3, 0.4) is 0 Å². The Morgan fingerprint density at radius 2 is 1.92 bits per heavy atom. The first-order valence-electron chi connectivity index (χ1n) is 7.37. The van der Waals surface area contributed by atoms with Crippen molar-refractivity contribution >= 4 is 22.8 Å². The fraction of sp³-hybridized carbons (Fsp3) is 0.375. The van der Waals surface area contributed by atoms with Crippen LogP contribution >= 0.6 is 0 Å². The summed E-state index contributed by atoms with van der Waals surface area (Å²) in [4.78, 5) is 23.7. The summed E-state index contributed by atoms with van der Waals surface area (Å²) in [5.41, 5.74) is -1.48. The fourth-order valence-electron chi connectivity index (χ4n) is 2.95. The molecule has 128 valence electrons. The van der Waals surface area contributed by atoms with Crippen molar-refractivity contribution in [2.45, 2.75) is 31.0 Å². The Bertz CT molecular complexity index is 835. The van der Waals surface area contributed by atoms with Gasteiger partial charge < -0.3 is 15.0 Å². The molecule has 1 heterocycles. The van der Waals surface area contributed by atoms with Gasteiger partial charge in [-0.1, -0.05) is 0 Å². The molecule has 1 aromatic carbocycles. The molecular weight excluding hydrogens is 325 g/mol. The Labute approximate surface area is 135 Å². The minimum Gasteiger partial charge on any atom is -0.480 e. The smallest absolute Gasteiger partial charge is 0.416 e. The van der Waals surface area contributed by atoms with Gasteiger partial charge in [-0.05, 0) is 43.5 Å². The first-order valence-corrected chi connectivity index (χ1v) is 7.37. The third kappa shape index (κ3) is 2.51. The number of aryl methyl sites for hydroxylation is 1. The maximum atomic E-state index is 12.8. The molecular formula is C16H15F3N2O3. The molecule has 0 unspecified atom stereocenters. The van der Waals surface area contributed by atoms with Crippen LogP contribution in [0.1, 0.15) is 35.3 Å². The standard InChI is InChI=1S/C16H15F3N2O3/c1-21-11-4-3-10(16(17,18)19)7-9(11)8-12(21)13(22)20-15(14(23)24)5-2-6-15/h3-4,7-8H,2,5-6H2,1H3,(H,20,22)(H,23,24). The van der Waals surface area contributed by atoms with E-state index in [1.165, 1.54) is 16.7 Å². The lowest BCUT2D eigenvalue weighted by atomic mass is 9.76. The number of aromatic nitrogens is 1. The molecule has 0 radical (unpaired) electrons. The number of amides is 1. The van der Waals surface area contributed by atoms with Crippen LogP contribution in [-0.2, 0) is 18.0 Å². The van der Waals surface area contributed by atoms with Crippen molar-refractivity contribution in [3.8, 4) is 0 Å². The summed E-state index contributed by atoms with van der Waals surface area (Å²) in [5.74, 6) is -1.70. The van der Waals surface area contributed by atoms with E-state index in [-0.39, 0.29) is 11.1 Å². The molecule has 8 heteroatoms. The van der Waals surface area contributed by atoms with Crippen LogP contribution in [0.5, 0.6) is 0 Å². The van der Waals surface area contributed by atoms with Gasteiger partial charge in [0.05, 0.1) is 5.56 Å². The first kappa shape index (κ1) is 16.4. The normalized spacial score (nSPS) is 16.7. The number of alkyl halides is 3. The molecule has 1 fully saturated rings. The summed E-state index contributed by atoms with van der Waals surface area (Å²) in [5, 5.41) is 12.1. The summed E-state index contributed by atoms with van der Waals surface area (Å²) in [6.07, 6.45) is -3.07. The van der Waals surface area contributed by atoms with Crippen LogP contribution < -0.4 is 5.32 Å². The zero-order valence-corrected chi connectivity index (χ0v) is 12.8. The third-order valence-corrected chi connectivity index (χ3v) is 4.57. The molecule has 5 nitrogen and oxygen atoms in total. The Balaban J connectivity index is 1.96. The lowest BCUT2D eigenvalue weighted by Crippen LogP contribution is -2.59. The number of nitrogens with one attached hydrogen (secondary N) is 1. The Morgan fingerprint density at radius 3 is 2.42 bits per heavy atom. The Kier molecular flexibility index (Phi) is 3.58. The van der Waals surface area contributed by atoms with E-state index in [0.717, 1.165) is 12.1 Å². The van der Waals surface area contributed by atoms with Gasteiger partial charge in [-0.15, -0.1) is 0 Å². The number of rotatable bonds is 3. The number of benzene rings is 1. The first-order chi connectivity index (χ1) is 11.1. The number of nitrogens with zero attached hydrogens (tertiary/aromatic N) is 1. The van der Waals surface area contributed by atoms with Crippen LogP contribution in [0.2, 0.25) is 0 Å². The van der Waals surface area contributed by atoms with Crippen molar-refractivity contribution < 1.29 is 27.9 Å². The summed E-state index contributed by atoms with van der Waals surface area (Å²) in [7, 11) is 1.55. The Morgan fingerprint density at radius 1 is 1.25 bits per heavy atom. The number of carboxylic acid groups (broad SMARTS) is 1. The van der Waals surface area contributed by atoms with E-state index >= 15 is 0 Å². The second kappa shape index (κ2) is 5.25. The molecule has 0 spiro atoms. The maximum absolute atomic E-state index is 12.8. The molecule has 24 heavy (non-hydrogen) atoms. The summed E-state index contributed by atoms with van der Waals surface area (Å²) < 4.78 is 39.8. The molecule has 0 bridgehead atoms. The van der Waals surface area contributed by atoms with Crippen LogP contribution in [0.4, 0.5) is 13.2 Å². The van der Waals surface area contributed by atoms with Crippen molar-refractivity contribution in [1.29, 1.82) is 0 Å². The topological polar surface area (TPSA) is 71.3 Å². The van der Waals surface area contributed by atoms with Gasteiger partial charge in [0.2, 0.25) is 0 Å². The van der Waals surface area contributed by atoms with Crippen molar-refractivity contribution in [3.05, 3.63) is 35.5 Å². The highest BCUT2D eigenvalue weighted by Gasteiger charge is 2.46. The summed E-state index contributed by atoms with van der Waals surface area (Å²) in [6.45, 7) is 0. The highest BCUT2D eigenvalue weighted by Crippen LogP contribution is 2.34. The van der Waals surface area contributed by atoms with Gasteiger partial charge in [-0.25, -0.2) is 4.79 Å². The van der Waals surface area contributed by atoms with Crippen molar-refractivity contribution in [1.82, 2.24) is 9.88 Å². The maximum Gasteiger partial charge on any atom is 0.416 e. The number of hydrogen-bond donors (Lipinski definition) is 2. The molecule has 0 atom stereocenters. The number of hydrogen-bond acceptors (Lipinski definition) is 2. The molecule has 3 rings (SSSR count). The molecule has 0 aliphatic heterocycles. The minimum atomic E-state index is -4.47. The number of halogens is 3. The monoisotopic (exact) mass is 340 g/mol. The predicted octanol–water partition coefficient (Wildman–Crippen LogP) is 2.93. The van der Waals surface area contributed by atoms with Crippen LogP contribution in [-0.4, -0.2) is 27.1 Å². The van der Waals surface area contributed by atoms with Gasteiger partial charge in [0.1, 0.15) is 11.2 Å². The van der Waals surface area contributed by atoms with Crippen LogP contribution in [0, 0.1) is 0 Å². The number of carbonyl (C=O) groups excluding carboxylic acids is 1. The highest BCUT2D eigenvalue weighted by atomic mass is 19.4. The van der Waals surface area contributed by atoms with E-state index in [9.17, 15) is 27.9 Å². The van der Waals surface area contributed by atoms with Crippen LogP contribution in [0.15, 0.2) is 24.3 Å². The van der Waals surface area contributed by atoms with Gasteiger partial charge in [-0.3, -0.25) is 4.79 Å². The van der Waals surface area contributed by atoms with E-state index in [4.69, 9.17) is 0 Å². The molecule has 1 saturated carbocycles. The lowest BCUT2D eigenvalue weighted by Gasteiger charge is -2.38. The average molecular weight is 340 g/mol. The second-order valence-corrected chi connectivity index (χ2v) is 6.05. The van der Waals surface area contributed by atoms with Crippen molar-refractivity contribution in [2.24, 2.45) is 7.05 Å². The second-order valence-electron chi connectivity index (χ2n) is 6.05. The zero-order valence-electron chi connectivity index (χ0n) is 12.8. The van der Waals surface area contributed by atoms with Crippen LogP contribution in [0.25, 0.3) is 10.9 Å². The predicted molar refractivity (Wildman–Crippen MR) is 79.6 cm³/mol. The van der Waals surface area contributed by atoms with Gasteiger partial charge in [0, 0.05) is 18.0 Å². The van der Waals surface area contributed by atoms with E-state index in [1.807, 2.05) is 0 Å². The number of carbonyl (C=O) groups is 2. The molecule has 1 aliphatic rings. The molecule has 1 aliphatic carbocycles. The van der Waals surface area contributed by atoms with E-state index in [1.54, 1.807) is 7.05 Å². The van der Waals surface area contributed by atoms with Gasteiger partial charge in [0.25, 0.3) is 5.91 Å². The summed E-state index contributed by atoms with van der Waals surface area (Å²) in [6, 6.07) is 4.57. The zero-order chi connectivity index (χ0) is 17.7. The number of aliphatic carboxylic acids is 1. The van der Waals surface area contributed by atoms with Gasteiger partial charge in [-0.2, -0.15) is 13.2 Å². The molecule has 0 saturated heterocycles. The number of fused-ring (bicyclic) bond motifs is 1. The quantitative estimate of drug-likeness (QED) is 0.902. The SMILES string of the molecule is Cn1c(C(=O)NC2(C(=O)O)CCC2)cc2cc(C(F)(F)F)ccc21.